The first-order valence-electron chi connectivity index (χ1n) is 10.1. The number of unbranched alkanes of at least 4 members (excludes halogenated alkanes) is 1. The molecule has 4 rings (SSSR count). The van der Waals surface area contributed by atoms with Crippen molar-refractivity contribution in [3.63, 3.8) is 0 Å². The van der Waals surface area contributed by atoms with Crippen molar-refractivity contribution in [2.75, 3.05) is 0 Å². The van der Waals surface area contributed by atoms with Gasteiger partial charge in [-0.15, -0.1) is 0 Å². The Morgan fingerprint density at radius 3 is 2.69 bits per heavy atom. The summed E-state index contributed by atoms with van der Waals surface area (Å²) in [6.45, 7) is 7.00. The van der Waals surface area contributed by atoms with Crippen molar-refractivity contribution in [3.8, 4) is 5.88 Å². The van der Waals surface area contributed by atoms with Crippen LogP contribution in [0.4, 0.5) is 0 Å². The number of ether oxygens (including phenoxy) is 1. The summed E-state index contributed by atoms with van der Waals surface area (Å²) in [5, 5.41) is 9.50. The van der Waals surface area contributed by atoms with Gasteiger partial charge in [0, 0.05) is 35.9 Å². The van der Waals surface area contributed by atoms with E-state index in [0.717, 1.165) is 24.9 Å². The van der Waals surface area contributed by atoms with Gasteiger partial charge in [0.1, 0.15) is 17.6 Å². The molecule has 0 saturated carbocycles. The molecule has 1 aromatic carbocycles. The van der Waals surface area contributed by atoms with Crippen LogP contribution < -0.4 is 10.2 Å². The normalized spacial score (nSPS) is 20.1. The number of carbonyl (C=O) groups excluding carboxylic acids is 1. The zero-order valence-corrected chi connectivity index (χ0v) is 17.8. The summed E-state index contributed by atoms with van der Waals surface area (Å²) in [4.78, 5) is 17.8. The first kappa shape index (κ1) is 19.9. The Morgan fingerprint density at radius 1 is 1.28 bits per heavy atom. The lowest BCUT2D eigenvalue weighted by molar-refractivity contribution is -0.118. The summed E-state index contributed by atoms with van der Waals surface area (Å²) < 4.78 is 7.99. The summed E-state index contributed by atoms with van der Waals surface area (Å²) in [6, 6.07) is 7.52. The van der Waals surface area contributed by atoms with Crippen molar-refractivity contribution in [2.45, 2.75) is 58.9 Å². The first-order valence-corrected chi connectivity index (χ1v) is 10.5. The molecule has 0 bridgehead atoms. The fourth-order valence-corrected chi connectivity index (χ4v) is 4.41. The van der Waals surface area contributed by atoms with Gasteiger partial charge in [-0.25, -0.2) is 4.98 Å². The van der Waals surface area contributed by atoms with Gasteiger partial charge in [0.05, 0.1) is 5.56 Å². The van der Waals surface area contributed by atoms with Crippen LogP contribution in [0.5, 0.6) is 5.88 Å². The van der Waals surface area contributed by atoms with Gasteiger partial charge in [-0.1, -0.05) is 50.9 Å². The number of benzene rings is 1. The highest BCUT2D eigenvalue weighted by molar-refractivity contribution is 6.30. The van der Waals surface area contributed by atoms with Gasteiger partial charge in [-0.05, 0) is 29.5 Å². The Kier molecular flexibility index (Phi) is 5.11. The number of ketones is 1. The van der Waals surface area contributed by atoms with Crippen molar-refractivity contribution >= 4 is 17.4 Å². The van der Waals surface area contributed by atoms with Crippen LogP contribution >= 0.6 is 11.6 Å². The van der Waals surface area contributed by atoms with Crippen LogP contribution in [0.15, 0.2) is 41.9 Å². The molecule has 29 heavy (non-hydrogen) atoms. The number of Topliss-reactive ketones (excluding diaryl/α,β-unsaturated/α-hetero) is 1. The lowest BCUT2D eigenvalue weighted by Gasteiger charge is -2.37. The molecule has 1 unspecified atom stereocenters. The summed E-state index contributed by atoms with van der Waals surface area (Å²) in [7, 11) is 0. The number of allylic oxidation sites excluding steroid dienone is 2. The van der Waals surface area contributed by atoms with Crippen LogP contribution in [-0.4, -0.2) is 15.3 Å². The number of rotatable bonds is 4. The van der Waals surface area contributed by atoms with Crippen LogP contribution in [0.3, 0.4) is 0 Å². The number of nitrogens with zero attached hydrogens (tertiary/aromatic N) is 2. The Bertz CT molecular complexity index is 1050. The van der Waals surface area contributed by atoms with Crippen molar-refractivity contribution in [3.05, 3.63) is 63.6 Å². The minimum absolute atomic E-state index is 0.0882. The third kappa shape index (κ3) is 3.64. The third-order valence-corrected chi connectivity index (χ3v) is 5.97. The minimum atomic E-state index is -0.358. The van der Waals surface area contributed by atoms with Crippen LogP contribution in [0.25, 0.3) is 0 Å². The molecule has 1 aromatic heterocycles. The van der Waals surface area contributed by atoms with E-state index < -0.39 is 0 Å². The number of hydrogen-bond acceptors (Lipinski definition) is 4. The van der Waals surface area contributed by atoms with Gasteiger partial charge in [0.25, 0.3) is 0 Å². The molecule has 1 N–H and O–H groups in total. The molecule has 0 saturated heterocycles. The van der Waals surface area contributed by atoms with E-state index in [4.69, 9.17) is 21.7 Å². The average Bonchev–Trinajstić information content (AvgIpc) is 2.66. The summed E-state index contributed by atoms with van der Waals surface area (Å²) >= 11 is 6.11. The molecule has 1 aliphatic heterocycles. The van der Waals surface area contributed by atoms with E-state index in [1.165, 1.54) is 0 Å². The van der Waals surface area contributed by atoms with E-state index in [9.17, 15) is 4.79 Å². The molecule has 2 aromatic rings. The zero-order valence-electron chi connectivity index (χ0n) is 17.1. The largest absolute Gasteiger partial charge is 0.442 e. The Balaban J connectivity index is 1.93. The van der Waals surface area contributed by atoms with Crippen LogP contribution in [0.2, 0.25) is 5.02 Å². The first-order chi connectivity index (χ1) is 13.8. The summed E-state index contributed by atoms with van der Waals surface area (Å²) in [5.41, 5.74) is 2.47. The molecule has 2 aliphatic rings. The highest BCUT2D eigenvalue weighted by Crippen LogP contribution is 2.48. The second-order valence-electron chi connectivity index (χ2n) is 8.72. The number of fused-ring (bicyclic) bond motifs is 1. The minimum Gasteiger partial charge on any atom is -0.442 e. The molecule has 0 spiro atoms. The van der Waals surface area contributed by atoms with Gasteiger partial charge in [0.2, 0.25) is 5.88 Å². The predicted molar refractivity (Wildman–Crippen MR) is 112 cm³/mol. The standard InChI is InChI=1S/C23H26ClN3O2/c1-4-5-10-27-13-26-22-20(21(27)25)18(14-6-8-15(24)9-7-14)19-16(28)11-23(2,3)12-17(19)29-22/h6-9,13,18,25H,4-5,10-12H2,1-3H3. The Morgan fingerprint density at radius 2 is 2.00 bits per heavy atom. The second kappa shape index (κ2) is 7.45. The smallest absolute Gasteiger partial charge is 0.228 e. The summed E-state index contributed by atoms with van der Waals surface area (Å²) in [5.74, 6) is 0.859. The van der Waals surface area contributed by atoms with Crippen molar-refractivity contribution < 1.29 is 9.53 Å². The molecule has 1 aliphatic carbocycles. The number of carbonyl (C=O) groups is 1. The molecule has 152 valence electrons. The third-order valence-electron chi connectivity index (χ3n) is 5.72. The van der Waals surface area contributed by atoms with E-state index in [0.29, 0.717) is 46.1 Å². The van der Waals surface area contributed by atoms with Crippen molar-refractivity contribution in [1.29, 1.82) is 5.41 Å². The lowest BCUT2D eigenvalue weighted by atomic mass is 9.70. The van der Waals surface area contributed by atoms with Gasteiger partial charge >= 0.3 is 0 Å². The van der Waals surface area contributed by atoms with E-state index in [-0.39, 0.29) is 17.1 Å². The molecule has 0 radical (unpaired) electrons. The Hall–Kier alpha value is -2.40. The number of hydrogen-bond donors (Lipinski definition) is 1. The SMILES string of the molecule is CCCCn1cnc2c(c1=N)C(c1ccc(Cl)cc1)C1=C(CC(C)(C)CC1=O)O2. The maximum absolute atomic E-state index is 13.2. The summed E-state index contributed by atoms with van der Waals surface area (Å²) in [6.07, 6.45) is 4.82. The van der Waals surface area contributed by atoms with Gasteiger partial charge in [-0.2, -0.15) is 0 Å². The number of halogens is 1. The number of aryl methyl sites for hydroxylation is 1. The van der Waals surface area contributed by atoms with Gasteiger partial charge in [0.15, 0.2) is 5.78 Å². The average molecular weight is 412 g/mol. The molecule has 0 amide bonds. The highest BCUT2D eigenvalue weighted by Gasteiger charge is 2.43. The molecule has 6 heteroatoms. The molecule has 1 atom stereocenters. The second-order valence-corrected chi connectivity index (χ2v) is 9.16. The van der Waals surface area contributed by atoms with E-state index in [2.05, 4.69) is 25.8 Å². The maximum atomic E-state index is 13.2. The number of aromatic nitrogens is 2. The Labute approximate surface area is 175 Å². The molecular weight excluding hydrogens is 386 g/mol. The van der Waals surface area contributed by atoms with Crippen LogP contribution in [0.1, 0.15) is 63.5 Å². The molecule has 0 fully saturated rings. The quantitative estimate of drug-likeness (QED) is 0.771. The van der Waals surface area contributed by atoms with E-state index >= 15 is 0 Å². The molecule has 2 heterocycles. The fourth-order valence-electron chi connectivity index (χ4n) is 4.29. The monoisotopic (exact) mass is 411 g/mol. The van der Waals surface area contributed by atoms with Gasteiger partial charge < -0.3 is 9.30 Å². The van der Waals surface area contributed by atoms with Crippen molar-refractivity contribution in [2.24, 2.45) is 5.41 Å². The fraction of sp³-hybridized carbons (Fsp3) is 0.435. The lowest BCUT2D eigenvalue weighted by Crippen LogP contribution is -2.37. The van der Waals surface area contributed by atoms with Crippen LogP contribution in [-0.2, 0) is 11.3 Å². The molecular formula is C23H26ClN3O2. The predicted octanol–water partition coefficient (Wildman–Crippen LogP) is 4.98. The van der Waals surface area contributed by atoms with Gasteiger partial charge in [-0.3, -0.25) is 10.2 Å². The molecule has 5 nitrogen and oxygen atoms in total. The zero-order chi connectivity index (χ0) is 20.8. The van der Waals surface area contributed by atoms with E-state index in [1.807, 2.05) is 28.8 Å². The van der Waals surface area contributed by atoms with E-state index in [1.54, 1.807) is 6.33 Å². The number of nitrogens with one attached hydrogen (secondary N) is 1. The maximum Gasteiger partial charge on any atom is 0.228 e. The van der Waals surface area contributed by atoms with Crippen molar-refractivity contribution in [1.82, 2.24) is 9.55 Å². The van der Waals surface area contributed by atoms with Crippen LogP contribution in [0, 0.1) is 10.8 Å². The highest BCUT2D eigenvalue weighted by atomic mass is 35.5. The topological polar surface area (TPSA) is 68.0 Å².